The van der Waals surface area contributed by atoms with Crippen LogP contribution in [0.5, 0.6) is 0 Å². The molecule has 3 nitrogen and oxygen atoms in total. The molecule has 0 bridgehead atoms. The van der Waals surface area contributed by atoms with Crippen LogP contribution in [0.1, 0.15) is 89.9 Å². The second-order valence-electron chi connectivity index (χ2n) is 6.97. The van der Waals surface area contributed by atoms with E-state index < -0.39 is 0 Å². The number of hydrogen-bond acceptors (Lipinski definition) is 3. The van der Waals surface area contributed by atoms with E-state index in [1.54, 1.807) is 0 Å². The number of nitrogens with zero attached hydrogens (tertiary/aromatic N) is 1. The lowest BCUT2D eigenvalue weighted by atomic mass is 10.0. The van der Waals surface area contributed by atoms with Gasteiger partial charge in [0.25, 0.3) is 0 Å². The van der Waals surface area contributed by atoms with Gasteiger partial charge in [0.2, 0.25) is 0 Å². The maximum atomic E-state index is 11.0. The highest BCUT2D eigenvalue weighted by atomic mass is 16.5. The van der Waals surface area contributed by atoms with Crippen molar-refractivity contribution in [3.8, 4) is 0 Å². The molecular formula is C21H41NO2. The first kappa shape index (κ1) is 23.2. The van der Waals surface area contributed by atoms with Crippen molar-refractivity contribution < 1.29 is 9.53 Å². The van der Waals surface area contributed by atoms with E-state index in [4.69, 9.17) is 0 Å². The molecule has 0 aliphatic carbocycles. The minimum Gasteiger partial charge on any atom is -0.469 e. The van der Waals surface area contributed by atoms with Gasteiger partial charge >= 0.3 is 5.97 Å². The Kier molecular flexibility index (Phi) is 17.9. The third kappa shape index (κ3) is 17.5. The molecule has 142 valence electrons. The molecule has 0 N–H and O–H groups in total. The van der Waals surface area contributed by atoms with E-state index in [1.807, 2.05) is 6.08 Å². The van der Waals surface area contributed by atoms with Crippen LogP contribution < -0.4 is 0 Å². The molecule has 0 aromatic carbocycles. The second kappa shape index (κ2) is 18.5. The van der Waals surface area contributed by atoms with Crippen LogP contribution >= 0.6 is 0 Å². The van der Waals surface area contributed by atoms with Gasteiger partial charge in [-0.3, -0.25) is 4.79 Å². The molecule has 0 atom stereocenters. The van der Waals surface area contributed by atoms with Gasteiger partial charge in [0.1, 0.15) is 0 Å². The van der Waals surface area contributed by atoms with Crippen molar-refractivity contribution in [2.24, 2.45) is 0 Å². The second-order valence-corrected chi connectivity index (χ2v) is 6.97. The smallest absolute Gasteiger partial charge is 0.305 e. The first-order valence-electron chi connectivity index (χ1n) is 10.1. The van der Waals surface area contributed by atoms with Crippen LogP contribution in [0.4, 0.5) is 0 Å². The molecule has 0 saturated carbocycles. The Hall–Kier alpha value is -0.830. The molecule has 0 rings (SSSR count). The molecule has 0 fully saturated rings. The zero-order valence-corrected chi connectivity index (χ0v) is 16.4. The average Bonchev–Trinajstić information content (AvgIpc) is 2.58. The fourth-order valence-corrected chi connectivity index (χ4v) is 3.01. The van der Waals surface area contributed by atoms with Crippen LogP contribution in [-0.4, -0.2) is 38.1 Å². The molecule has 0 spiro atoms. The highest BCUT2D eigenvalue weighted by Gasteiger charge is 1.99. The van der Waals surface area contributed by atoms with Gasteiger partial charge in [-0.15, -0.1) is 6.58 Å². The molecule has 0 saturated heterocycles. The number of likely N-dealkylation sites (N-methyl/N-ethyl adjacent to an activating group) is 1. The van der Waals surface area contributed by atoms with E-state index in [-0.39, 0.29) is 5.97 Å². The quantitative estimate of drug-likeness (QED) is 0.181. The standard InChI is InChI=1S/C21H41NO2/c1-4-19-22(2)20-17-15-13-11-9-7-5-6-8-10-12-14-16-18-21(23)24-3/h4H,1,5-20H2,2-3H3. The Labute approximate surface area is 150 Å². The van der Waals surface area contributed by atoms with Crippen molar-refractivity contribution in [2.45, 2.75) is 89.9 Å². The molecule has 0 aromatic rings. The molecule has 0 aliphatic heterocycles. The third-order valence-electron chi connectivity index (χ3n) is 4.59. The fourth-order valence-electron chi connectivity index (χ4n) is 3.01. The number of carbonyl (C=O) groups is 1. The molecular weight excluding hydrogens is 298 g/mol. The zero-order chi connectivity index (χ0) is 17.9. The molecule has 0 radical (unpaired) electrons. The van der Waals surface area contributed by atoms with Crippen molar-refractivity contribution in [1.82, 2.24) is 4.90 Å². The molecule has 0 amide bonds. The lowest BCUT2D eigenvalue weighted by Gasteiger charge is -2.13. The summed E-state index contributed by atoms with van der Waals surface area (Å²) in [5.41, 5.74) is 0. The number of hydrogen-bond donors (Lipinski definition) is 0. The number of methoxy groups -OCH3 is 1. The molecule has 0 aromatic heterocycles. The van der Waals surface area contributed by atoms with Crippen molar-refractivity contribution in [1.29, 1.82) is 0 Å². The van der Waals surface area contributed by atoms with Crippen LogP contribution in [0, 0.1) is 0 Å². The Balaban J connectivity index is 3.07. The minimum absolute atomic E-state index is 0.0706. The summed E-state index contributed by atoms with van der Waals surface area (Å²) in [4.78, 5) is 13.3. The highest BCUT2D eigenvalue weighted by Crippen LogP contribution is 2.13. The van der Waals surface area contributed by atoms with E-state index in [0.29, 0.717) is 6.42 Å². The van der Waals surface area contributed by atoms with E-state index in [0.717, 1.165) is 19.4 Å². The van der Waals surface area contributed by atoms with Crippen LogP contribution in [0.15, 0.2) is 12.7 Å². The van der Waals surface area contributed by atoms with Crippen LogP contribution in [0.2, 0.25) is 0 Å². The van der Waals surface area contributed by atoms with Gasteiger partial charge in [-0.25, -0.2) is 0 Å². The molecule has 0 aliphatic rings. The monoisotopic (exact) mass is 339 g/mol. The fraction of sp³-hybridized carbons (Fsp3) is 0.857. The van der Waals surface area contributed by atoms with Gasteiger partial charge in [-0.1, -0.05) is 76.7 Å². The summed E-state index contributed by atoms with van der Waals surface area (Å²) in [5.74, 6) is -0.0706. The largest absolute Gasteiger partial charge is 0.469 e. The Morgan fingerprint density at radius 1 is 0.833 bits per heavy atom. The van der Waals surface area contributed by atoms with Crippen LogP contribution in [-0.2, 0) is 9.53 Å². The van der Waals surface area contributed by atoms with Crippen molar-refractivity contribution in [2.75, 3.05) is 27.2 Å². The lowest BCUT2D eigenvalue weighted by Crippen LogP contribution is -2.19. The average molecular weight is 340 g/mol. The number of rotatable bonds is 18. The number of ether oxygens (including phenoxy) is 1. The summed E-state index contributed by atoms with van der Waals surface area (Å²) >= 11 is 0. The van der Waals surface area contributed by atoms with E-state index in [9.17, 15) is 4.79 Å². The lowest BCUT2D eigenvalue weighted by molar-refractivity contribution is -0.140. The summed E-state index contributed by atoms with van der Waals surface area (Å²) in [5, 5.41) is 0. The topological polar surface area (TPSA) is 29.5 Å². The normalized spacial score (nSPS) is 11.0. The van der Waals surface area contributed by atoms with Crippen molar-refractivity contribution in [3.63, 3.8) is 0 Å². The Morgan fingerprint density at radius 2 is 1.25 bits per heavy atom. The summed E-state index contributed by atoms with van der Waals surface area (Å²) < 4.78 is 4.64. The number of esters is 1. The summed E-state index contributed by atoms with van der Waals surface area (Å²) in [6.45, 7) is 5.97. The SMILES string of the molecule is C=CCN(C)CCCCCCCCCCCCCCCC(=O)OC. The molecule has 0 heterocycles. The zero-order valence-electron chi connectivity index (χ0n) is 16.4. The van der Waals surface area contributed by atoms with Gasteiger partial charge in [0, 0.05) is 13.0 Å². The summed E-state index contributed by atoms with van der Waals surface area (Å²) in [6.07, 6.45) is 19.7. The highest BCUT2D eigenvalue weighted by molar-refractivity contribution is 5.68. The van der Waals surface area contributed by atoms with Gasteiger partial charge in [0.05, 0.1) is 7.11 Å². The van der Waals surface area contributed by atoms with E-state index in [1.165, 1.54) is 84.3 Å². The van der Waals surface area contributed by atoms with Crippen molar-refractivity contribution in [3.05, 3.63) is 12.7 Å². The van der Waals surface area contributed by atoms with Crippen molar-refractivity contribution >= 4 is 5.97 Å². The first-order chi connectivity index (χ1) is 11.7. The Bertz CT molecular complexity index is 292. The van der Waals surface area contributed by atoms with E-state index in [2.05, 4.69) is 23.3 Å². The van der Waals surface area contributed by atoms with Crippen LogP contribution in [0.25, 0.3) is 0 Å². The third-order valence-corrected chi connectivity index (χ3v) is 4.59. The van der Waals surface area contributed by atoms with Gasteiger partial charge in [-0.2, -0.15) is 0 Å². The predicted octanol–water partition coefficient (Wildman–Crippen LogP) is 5.74. The molecule has 0 unspecified atom stereocenters. The number of unbranched alkanes of at least 4 members (excludes halogenated alkanes) is 12. The van der Waals surface area contributed by atoms with Gasteiger partial charge < -0.3 is 9.64 Å². The van der Waals surface area contributed by atoms with Gasteiger partial charge in [-0.05, 0) is 26.4 Å². The summed E-state index contributed by atoms with van der Waals surface area (Å²) in [7, 11) is 3.63. The summed E-state index contributed by atoms with van der Waals surface area (Å²) in [6, 6.07) is 0. The van der Waals surface area contributed by atoms with Crippen LogP contribution in [0.3, 0.4) is 0 Å². The van der Waals surface area contributed by atoms with Gasteiger partial charge in [0.15, 0.2) is 0 Å². The maximum absolute atomic E-state index is 11.0. The Morgan fingerprint density at radius 3 is 1.67 bits per heavy atom. The maximum Gasteiger partial charge on any atom is 0.305 e. The predicted molar refractivity (Wildman–Crippen MR) is 104 cm³/mol. The number of carbonyl (C=O) groups excluding carboxylic acids is 1. The first-order valence-corrected chi connectivity index (χ1v) is 10.1. The van der Waals surface area contributed by atoms with E-state index >= 15 is 0 Å². The minimum atomic E-state index is -0.0706. The molecule has 24 heavy (non-hydrogen) atoms. The molecule has 3 heteroatoms.